The number of aromatic nitrogens is 2. The highest BCUT2D eigenvalue weighted by Crippen LogP contribution is 2.62. The van der Waals surface area contributed by atoms with E-state index in [-0.39, 0.29) is 0 Å². The molecule has 1 aliphatic heterocycles. The Balaban J connectivity index is 1.06. The van der Waals surface area contributed by atoms with Crippen molar-refractivity contribution in [3.05, 3.63) is 228 Å². The van der Waals surface area contributed by atoms with Gasteiger partial charge in [-0.15, -0.1) is 0 Å². The first-order valence-electron chi connectivity index (χ1n) is 19.4. The van der Waals surface area contributed by atoms with Crippen molar-refractivity contribution in [2.45, 2.75) is 15.2 Å². The van der Waals surface area contributed by atoms with E-state index in [0.717, 1.165) is 50.3 Å². The molecule has 0 saturated heterocycles. The van der Waals surface area contributed by atoms with Gasteiger partial charge in [-0.05, 0) is 98.1 Å². The molecular weight excluding hydrogens is 723 g/mol. The summed E-state index contributed by atoms with van der Waals surface area (Å²) in [6, 6.07) is 73.3. The summed E-state index contributed by atoms with van der Waals surface area (Å²) in [7, 11) is 0. The highest BCUT2D eigenvalue weighted by molar-refractivity contribution is 7.99. The first-order valence-corrected chi connectivity index (χ1v) is 20.3. The molecule has 1 aliphatic carbocycles. The van der Waals surface area contributed by atoms with Gasteiger partial charge in [0.25, 0.3) is 0 Å². The molecule has 2 heterocycles. The summed E-state index contributed by atoms with van der Waals surface area (Å²) in [5.74, 6) is 0.705. The molecule has 0 saturated carbocycles. The third-order valence-electron chi connectivity index (χ3n) is 11.6. The Bertz CT molecular complexity index is 2990. The fraction of sp³-hybridized carbons (Fsp3) is 0.0185. The van der Waals surface area contributed by atoms with Crippen LogP contribution in [0.1, 0.15) is 27.8 Å². The zero-order valence-electron chi connectivity index (χ0n) is 31.3. The lowest BCUT2D eigenvalue weighted by Crippen LogP contribution is -2.32. The Morgan fingerprint density at radius 2 is 0.845 bits per heavy atom. The van der Waals surface area contributed by atoms with Crippen LogP contribution in [0.3, 0.4) is 0 Å². The number of hydrogen-bond donors (Lipinski definition) is 0. The summed E-state index contributed by atoms with van der Waals surface area (Å²) in [6.07, 6.45) is 0. The van der Waals surface area contributed by atoms with Crippen LogP contribution in [0.4, 0.5) is 0 Å². The van der Waals surface area contributed by atoms with Gasteiger partial charge in [0, 0.05) is 26.5 Å². The van der Waals surface area contributed by atoms with E-state index in [9.17, 15) is 5.26 Å². The third-order valence-corrected chi connectivity index (χ3v) is 12.8. The van der Waals surface area contributed by atoms with E-state index in [1.807, 2.05) is 66.4 Å². The summed E-state index contributed by atoms with van der Waals surface area (Å²) in [6.45, 7) is 0. The number of nitriles is 1. The van der Waals surface area contributed by atoms with Crippen LogP contribution >= 0.6 is 11.8 Å². The van der Waals surface area contributed by atoms with Crippen molar-refractivity contribution >= 4 is 11.8 Å². The molecule has 0 fully saturated rings. The van der Waals surface area contributed by atoms with Crippen molar-refractivity contribution in [3.63, 3.8) is 0 Å². The SMILES string of the molecule is N#Cc1cccc(-c2ccc3c(c2)C2(c4cc(-c5ccc(-c6cc(-c7ccccc7)nc(-c7ccccc7)n6)cc5)ccc4S3)c3ccccc3-c3ccccc32)c1. The fourth-order valence-corrected chi connectivity index (χ4v) is 10.1. The normalized spacial score (nSPS) is 12.9. The van der Waals surface area contributed by atoms with E-state index in [2.05, 4.69) is 152 Å². The molecule has 0 amide bonds. The van der Waals surface area contributed by atoms with Crippen LogP contribution in [0, 0.1) is 11.3 Å². The molecule has 9 aromatic rings. The lowest BCUT2D eigenvalue weighted by atomic mass is 9.66. The Morgan fingerprint density at radius 1 is 0.379 bits per heavy atom. The summed E-state index contributed by atoms with van der Waals surface area (Å²) >= 11 is 1.84. The van der Waals surface area contributed by atoms with Gasteiger partial charge in [-0.2, -0.15) is 5.26 Å². The first kappa shape index (κ1) is 34.0. The van der Waals surface area contributed by atoms with Gasteiger partial charge in [-0.1, -0.05) is 169 Å². The number of benzene rings is 8. The smallest absolute Gasteiger partial charge is 0.160 e. The second kappa shape index (κ2) is 13.7. The monoisotopic (exact) mass is 755 g/mol. The number of hydrogen-bond acceptors (Lipinski definition) is 4. The van der Waals surface area contributed by atoms with Gasteiger partial charge >= 0.3 is 0 Å². The van der Waals surface area contributed by atoms with E-state index in [1.165, 1.54) is 43.2 Å². The topological polar surface area (TPSA) is 49.6 Å². The van der Waals surface area contributed by atoms with Gasteiger partial charge in [0.1, 0.15) is 0 Å². The van der Waals surface area contributed by atoms with E-state index < -0.39 is 5.41 Å². The van der Waals surface area contributed by atoms with Crippen LogP contribution < -0.4 is 0 Å². The lowest BCUT2D eigenvalue weighted by Gasteiger charge is -2.40. The number of fused-ring (bicyclic) bond motifs is 9. The minimum atomic E-state index is -0.537. The molecule has 0 radical (unpaired) electrons. The molecule has 4 heteroatoms. The van der Waals surface area contributed by atoms with Crippen molar-refractivity contribution in [3.8, 4) is 73.4 Å². The minimum Gasteiger partial charge on any atom is -0.228 e. The molecule has 2 aliphatic rings. The molecular formula is C54H33N3S. The minimum absolute atomic E-state index is 0.537. The largest absolute Gasteiger partial charge is 0.228 e. The quantitative estimate of drug-likeness (QED) is 0.175. The molecule has 0 unspecified atom stereocenters. The molecule has 8 aromatic carbocycles. The van der Waals surface area contributed by atoms with Gasteiger partial charge < -0.3 is 0 Å². The van der Waals surface area contributed by atoms with Crippen molar-refractivity contribution < 1.29 is 0 Å². The van der Waals surface area contributed by atoms with Gasteiger partial charge in [0.05, 0.1) is 28.4 Å². The zero-order chi connectivity index (χ0) is 38.6. The summed E-state index contributed by atoms with van der Waals surface area (Å²) in [4.78, 5) is 12.6. The molecule has 11 rings (SSSR count). The van der Waals surface area contributed by atoms with Crippen LogP contribution in [0.2, 0.25) is 0 Å². The van der Waals surface area contributed by atoms with Crippen LogP contribution in [-0.4, -0.2) is 9.97 Å². The summed E-state index contributed by atoms with van der Waals surface area (Å²) in [5, 5.41) is 9.74. The predicted molar refractivity (Wildman–Crippen MR) is 235 cm³/mol. The zero-order valence-corrected chi connectivity index (χ0v) is 32.1. The highest BCUT2D eigenvalue weighted by atomic mass is 32.2. The van der Waals surface area contributed by atoms with Crippen molar-refractivity contribution in [1.29, 1.82) is 5.26 Å². The fourth-order valence-electron chi connectivity index (χ4n) is 8.93. The molecule has 1 aromatic heterocycles. The third kappa shape index (κ3) is 5.44. The number of nitrogens with zero attached hydrogens (tertiary/aromatic N) is 3. The summed E-state index contributed by atoms with van der Waals surface area (Å²) < 4.78 is 0. The maximum absolute atomic E-state index is 9.74. The van der Waals surface area contributed by atoms with Gasteiger partial charge in [-0.25, -0.2) is 9.97 Å². The van der Waals surface area contributed by atoms with Crippen LogP contribution in [0.15, 0.2) is 210 Å². The van der Waals surface area contributed by atoms with Gasteiger partial charge in [-0.3, -0.25) is 0 Å². The average molecular weight is 756 g/mol. The molecule has 0 N–H and O–H groups in total. The molecule has 3 nitrogen and oxygen atoms in total. The molecule has 58 heavy (non-hydrogen) atoms. The Hall–Kier alpha value is -7.32. The maximum atomic E-state index is 9.74. The molecule has 0 atom stereocenters. The van der Waals surface area contributed by atoms with E-state index in [1.54, 1.807) is 0 Å². The Morgan fingerprint density at radius 3 is 1.45 bits per heavy atom. The van der Waals surface area contributed by atoms with Crippen molar-refractivity contribution in [2.24, 2.45) is 0 Å². The van der Waals surface area contributed by atoms with Crippen LogP contribution in [0.25, 0.3) is 67.3 Å². The highest BCUT2D eigenvalue weighted by Gasteiger charge is 2.50. The predicted octanol–water partition coefficient (Wildman–Crippen LogP) is 13.5. The average Bonchev–Trinajstić information content (AvgIpc) is 3.60. The lowest BCUT2D eigenvalue weighted by molar-refractivity contribution is 0.723. The van der Waals surface area contributed by atoms with E-state index in [4.69, 9.17) is 9.97 Å². The van der Waals surface area contributed by atoms with Crippen LogP contribution in [-0.2, 0) is 5.41 Å². The molecule has 0 bridgehead atoms. The maximum Gasteiger partial charge on any atom is 0.160 e. The Labute approximate surface area is 342 Å². The van der Waals surface area contributed by atoms with Crippen molar-refractivity contribution in [2.75, 3.05) is 0 Å². The Kier molecular flexibility index (Phi) is 8.03. The van der Waals surface area contributed by atoms with E-state index >= 15 is 0 Å². The number of rotatable bonds is 5. The van der Waals surface area contributed by atoms with Gasteiger partial charge in [0.2, 0.25) is 0 Å². The second-order valence-corrected chi connectivity index (χ2v) is 15.9. The first-order chi connectivity index (χ1) is 28.7. The van der Waals surface area contributed by atoms with Gasteiger partial charge in [0.15, 0.2) is 5.82 Å². The molecule has 1 spiro atoms. The van der Waals surface area contributed by atoms with Crippen molar-refractivity contribution in [1.82, 2.24) is 9.97 Å². The van der Waals surface area contributed by atoms with E-state index in [0.29, 0.717) is 11.4 Å². The second-order valence-electron chi connectivity index (χ2n) is 14.8. The molecule has 270 valence electrons. The standard InChI is InChI=1S/C54H33N3S/c55-34-35-12-11-17-40(30-35)42-27-29-52-48(32-42)54(45-20-9-7-18-43(45)44-19-8-10-21-46(44)54)47-31-41(26-28-51(47)58-52)36-22-24-38(25-23-36)50-33-49(37-13-3-1-4-14-37)56-53(57-50)39-15-5-2-6-16-39/h1-33H. The summed E-state index contributed by atoms with van der Waals surface area (Å²) in [5.41, 5.74) is 17.1. The van der Waals surface area contributed by atoms with Crippen LogP contribution in [0.5, 0.6) is 0 Å².